The summed E-state index contributed by atoms with van der Waals surface area (Å²) >= 11 is 0. The monoisotopic (exact) mass is 290 g/mol. The van der Waals surface area contributed by atoms with Crippen molar-refractivity contribution < 1.29 is 13.2 Å². The number of rotatable bonds is 5. The molecule has 0 unspecified atom stereocenters. The molecule has 1 rings (SSSR count). The minimum atomic E-state index is -4.25. The third kappa shape index (κ3) is 6.18. The maximum atomic E-state index is 12.4. The fourth-order valence-electron chi connectivity index (χ4n) is 1.54. The number of hydrogen-bond acceptors (Lipinski definition) is 4. The SMILES string of the molecule is CCN(CC(F)(F)F)c1ccc(CNC(C)(C)C)nn1. The highest BCUT2D eigenvalue weighted by Gasteiger charge is 2.30. The van der Waals surface area contributed by atoms with Crippen molar-refractivity contribution in [1.82, 2.24) is 15.5 Å². The maximum Gasteiger partial charge on any atom is 0.405 e. The van der Waals surface area contributed by atoms with Crippen molar-refractivity contribution in [1.29, 1.82) is 0 Å². The van der Waals surface area contributed by atoms with Crippen LogP contribution < -0.4 is 10.2 Å². The van der Waals surface area contributed by atoms with Crippen LogP contribution >= 0.6 is 0 Å². The number of hydrogen-bond donors (Lipinski definition) is 1. The molecule has 1 aromatic rings. The fourth-order valence-corrected chi connectivity index (χ4v) is 1.54. The lowest BCUT2D eigenvalue weighted by molar-refractivity contribution is -0.119. The first-order chi connectivity index (χ1) is 9.11. The lowest BCUT2D eigenvalue weighted by atomic mass is 10.1. The molecule has 0 bridgehead atoms. The van der Waals surface area contributed by atoms with E-state index in [1.807, 2.05) is 20.8 Å². The van der Waals surface area contributed by atoms with Crippen molar-refractivity contribution in [2.24, 2.45) is 0 Å². The van der Waals surface area contributed by atoms with Crippen molar-refractivity contribution in [2.45, 2.75) is 46.0 Å². The highest BCUT2D eigenvalue weighted by Crippen LogP contribution is 2.20. The number of alkyl halides is 3. The van der Waals surface area contributed by atoms with Crippen LogP contribution in [0.2, 0.25) is 0 Å². The van der Waals surface area contributed by atoms with Gasteiger partial charge in [-0.1, -0.05) is 0 Å². The van der Waals surface area contributed by atoms with Gasteiger partial charge in [-0.3, -0.25) is 0 Å². The molecule has 114 valence electrons. The molecule has 1 N–H and O–H groups in total. The number of halogens is 3. The molecule has 0 spiro atoms. The highest BCUT2D eigenvalue weighted by molar-refractivity contribution is 5.37. The van der Waals surface area contributed by atoms with Gasteiger partial charge in [-0.15, -0.1) is 5.10 Å². The zero-order valence-corrected chi connectivity index (χ0v) is 12.3. The van der Waals surface area contributed by atoms with Gasteiger partial charge in [0, 0.05) is 18.6 Å². The van der Waals surface area contributed by atoms with Gasteiger partial charge in [0.1, 0.15) is 6.54 Å². The number of aromatic nitrogens is 2. The summed E-state index contributed by atoms with van der Waals surface area (Å²) in [6.45, 7) is 7.47. The van der Waals surface area contributed by atoms with Gasteiger partial charge in [-0.05, 0) is 39.8 Å². The van der Waals surface area contributed by atoms with Gasteiger partial charge in [0.2, 0.25) is 0 Å². The Morgan fingerprint density at radius 1 is 1.15 bits per heavy atom. The van der Waals surface area contributed by atoms with E-state index in [0.717, 1.165) is 4.90 Å². The van der Waals surface area contributed by atoms with E-state index in [9.17, 15) is 13.2 Å². The Kier molecular flexibility index (Phi) is 5.33. The molecule has 1 aromatic heterocycles. The van der Waals surface area contributed by atoms with Crippen molar-refractivity contribution >= 4 is 5.82 Å². The van der Waals surface area contributed by atoms with Crippen molar-refractivity contribution in [2.75, 3.05) is 18.0 Å². The van der Waals surface area contributed by atoms with E-state index in [1.54, 1.807) is 19.1 Å². The molecule has 4 nitrogen and oxygen atoms in total. The molecule has 20 heavy (non-hydrogen) atoms. The van der Waals surface area contributed by atoms with E-state index in [1.165, 1.54) is 0 Å². The molecule has 0 saturated heterocycles. The summed E-state index contributed by atoms with van der Waals surface area (Å²) in [6, 6.07) is 3.27. The molecular formula is C13H21F3N4. The lowest BCUT2D eigenvalue weighted by Gasteiger charge is -2.23. The summed E-state index contributed by atoms with van der Waals surface area (Å²) in [5, 5.41) is 11.1. The van der Waals surface area contributed by atoms with E-state index in [-0.39, 0.29) is 17.9 Å². The van der Waals surface area contributed by atoms with E-state index in [2.05, 4.69) is 15.5 Å². The van der Waals surface area contributed by atoms with Crippen LogP contribution in [-0.2, 0) is 6.54 Å². The standard InChI is InChI=1S/C13H21F3N4/c1-5-20(9-13(14,15)16)11-7-6-10(18-19-11)8-17-12(2,3)4/h6-7,17H,5,8-9H2,1-4H3. The molecule has 7 heteroatoms. The highest BCUT2D eigenvalue weighted by atomic mass is 19.4. The molecule has 0 aliphatic heterocycles. The first-order valence-corrected chi connectivity index (χ1v) is 6.50. The molecule has 1 heterocycles. The van der Waals surface area contributed by atoms with Crippen molar-refractivity contribution in [3.05, 3.63) is 17.8 Å². The van der Waals surface area contributed by atoms with Crippen LogP contribution in [-0.4, -0.2) is 35.0 Å². The van der Waals surface area contributed by atoms with Crippen LogP contribution in [0.3, 0.4) is 0 Å². The molecule has 0 fully saturated rings. The molecule has 0 radical (unpaired) electrons. The van der Waals surface area contributed by atoms with Gasteiger partial charge in [0.05, 0.1) is 5.69 Å². The molecule has 0 atom stereocenters. The van der Waals surface area contributed by atoms with Crippen LogP contribution in [0.1, 0.15) is 33.4 Å². The zero-order valence-electron chi connectivity index (χ0n) is 12.3. The van der Waals surface area contributed by atoms with Crippen molar-refractivity contribution in [3.63, 3.8) is 0 Å². The predicted octanol–water partition coefficient (Wildman–Crippen LogP) is 2.75. The summed E-state index contributed by atoms with van der Waals surface area (Å²) < 4.78 is 37.2. The van der Waals surface area contributed by atoms with Crippen LogP contribution in [0.15, 0.2) is 12.1 Å². The summed E-state index contributed by atoms with van der Waals surface area (Å²) in [7, 11) is 0. The first kappa shape index (κ1) is 16.7. The Morgan fingerprint density at radius 2 is 1.80 bits per heavy atom. The minimum Gasteiger partial charge on any atom is -0.346 e. The van der Waals surface area contributed by atoms with Crippen LogP contribution in [0, 0.1) is 0 Å². The first-order valence-electron chi connectivity index (χ1n) is 6.50. The van der Waals surface area contributed by atoms with Gasteiger partial charge in [-0.25, -0.2) is 0 Å². The third-order valence-corrected chi connectivity index (χ3v) is 2.58. The van der Waals surface area contributed by atoms with Crippen LogP contribution in [0.5, 0.6) is 0 Å². The average Bonchev–Trinajstić information content (AvgIpc) is 2.32. The largest absolute Gasteiger partial charge is 0.405 e. The second kappa shape index (κ2) is 6.39. The second-order valence-corrected chi connectivity index (χ2v) is 5.62. The average molecular weight is 290 g/mol. The van der Waals surface area contributed by atoms with Gasteiger partial charge in [-0.2, -0.15) is 18.3 Å². The molecule has 0 aliphatic rings. The second-order valence-electron chi connectivity index (χ2n) is 5.62. The summed E-state index contributed by atoms with van der Waals surface area (Å²) in [5.74, 6) is 0.240. The Balaban J connectivity index is 2.69. The Hall–Kier alpha value is -1.37. The Morgan fingerprint density at radius 3 is 2.20 bits per heavy atom. The fraction of sp³-hybridized carbons (Fsp3) is 0.692. The summed E-state index contributed by atoms with van der Waals surface area (Å²) in [6.07, 6.45) is -4.25. The van der Waals surface area contributed by atoms with Crippen molar-refractivity contribution in [3.8, 4) is 0 Å². The lowest BCUT2D eigenvalue weighted by Crippen LogP contribution is -2.36. The van der Waals surface area contributed by atoms with Gasteiger partial charge in [0.25, 0.3) is 0 Å². The quantitative estimate of drug-likeness (QED) is 0.905. The predicted molar refractivity (Wildman–Crippen MR) is 72.6 cm³/mol. The third-order valence-electron chi connectivity index (χ3n) is 2.58. The molecule has 0 saturated carbocycles. The van der Waals surface area contributed by atoms with Gasteiger partial charge < -0.3 is 10.2 Å². The number of anilines is 1. The normalized spacial score (nSPS) is 12.6. The van der Waals surface area contributed by atoms with Crippen LogP contribution in [0.25, 0.3) is 0 Å². The van der Waals surface area contributed by atoms with Crippen LogP contribution in [0.4, 0.5) is 19.0 Å². The summed E-state index contributed by atoms with van der Waals surface area (Å²) in [4.78, 5) is 1.15. The van der Waals surface area contributed by atoms with E-state index in [4.69, 9.17) is 0 Å². The number of nitrogens with zero attached hydrogens (tertiary/aromatic N) is 3. The Labute approximate surface area is 117 Å². The maximum absolute atomic E-state index is 12.4. The van der Waals surface area contributed by atoms with Gasteiger partial charge >= 0.3 is 6.18 Å². The smallest absolute Gasteiger partial charge is 0.346 e. The van der Waals surface area contributed by atoms with E-state index < -0.39 is 12.7 Å². The van der Waals surface area contributed by atoms with E-state index >= 15 is 0 Å². The van der Waals surface area contributed by atoms with E-state index in [0.29, 0.717) is 12.2 Å². The van der Waals surface area contributed by atoms with Gasteiger partial charge in [0.15, 0.2) is 5.82 Å². The minimum absolute atomic E-state index is 0.0495. The molecule has 0 aromatic carbocycles. The molecule has 0 amide bonds. The zero-order chi connectivity index (χ0) is 15.4. The number of nitrogens with one attached hydrogen (secondary N) is 1. The summed E-state index contributed by atoms with van der Waals surface area (Å²) in [5.41, 5.74) is 0.651. The Bertz CT molecular complexity index is 409. The molecular weight excluding hydrogens is 269 g/mol. The molecule has 0 aliphatic carbocycles. The topological polar surface area (TPSA) is 41.0 Å².